The number of aromatic nitrogens is 4. The maximum atomic E-state index is 12.5. The standard InChI is InChI=1S/C22H21ClN6O2S/c1-13-3-7-15(8-4-13)20-26-21(31-28-20)18-19(24)29(27-22(18)32-2)12-17(30)25-11-14-5-9-16(23)10-6-14/h3-10H,11-12,24H2,1-2H3,(H,25,30). The molecule has 3 N–H and O–H groups in total. The number of carbonyl (C=O) groups is 1. The van der Waals surface area contributed by atoms with Gasteiger partial charge in [0.15, 0.2) is 0 Å². The molecule has 32 heavy (non-hydrogen) atoms. The molecule has 10 heteroatoms. The number of nitrogen functional groups attached to an aromatic ring is 1. The van der Waals surface area contributed by atoms with Crippen molar-refractivity contribution in [1.29, 1.82) is 0 Å². The Morgan fingerprint density at radius 1 is 1.19 bits per heavy atom. The fraction of sp³-hybridized carbons (Fsp3) is 0.182. The van der Waals surface area contributed by atoms with E-state index in [9.17, 15) is 4.79 Å². The molecule has 1 amide bonds. The number of hydrogen-bond acceptors (Lipinski definition) is 7. The molecule has 2 aromatic heterocycles. The number of hydrogen-bond donors (Lipinski definition) is 2. The third-order valence-corrected chi connectivity index (χ3v) is 5.72. The second-order valence-electron chi connectivity index (χ2n) is 7.12. The van der Waals surface area contributed by atoms with E-state index in [-0.39, 0.29) is 24.2 Å². The zero-order valence-electron chi connectivity index (χ0n) is 17.5. The number of nitrogens with two attached hydrogens (primary N) is 1. The van der Waals surface area contributed by atoms with Gasteiger partial charge in [-0.25, -0.2) is 4.68 Å². The van der Waals surface area contributed by atoms with E-state index in [1.807, 2.05) is 49.6 Å². The Bertz CT molecular complexity index is 1230. The lowest BCUT2D eigenvalue weighted by atomic mass is 10.1. The molecule has 0 bridgehead atoms. The maximum absolute atomic E-state index is 12.5. The van der Waals surface area contributed by atoms with Gasteiger partial charge in [-0.05, 0) is 30.9 Å². The highest BCUT2D eigenvalue weighted by Crippen LogP contribution is 2.34. The minimum absolute atomic E-state index is 0.0358. The minimum Gasteiger partial charge on any atom is -0.383 e. The minimum atomic E-state index is -0.223. The molecular weight excluding hydrogens is 448 g/mol. The van der Waals surface area contributed by atoms with Crippen LogP contribution in [0, 0.1) is 6.92 Å². The van der Waals surface area contributed by atoms with E-state index in [0.717, 1.165) is 16.7 Å². The molecule has 0 atom stereocenters. The van der Waals surface area contributed by atoms with E-state index in [0.29, 0.717) is 28.0 Å². The second kappa shape index (κ2) is 9.46. The average molecular weight is 469 g/mol. The Morgan fingerprint density at radius 3 is 2.59 bits per heavy atom. The van der Waals surface area contributed by atoms with E-state index in [1.165, 1.54) is 16.4 Å². The van der Waals surface area contributed by atoms with Gasteiger partial charge in [0, 0.05) is 17.1 Å². The van der Waals surface area contributed by atoms with Crippen molar-refractivity contribution in [3.63, 3.8) is 0 Å². The predicted molar refractivity (Wildman–Crippen MR) is 125 cm³/mol. The zero-order chi connectivity index (χ0) is 22.7. The van der Waals surface area contributed by atoms with Crippen LogP contribution in [0.3, 0.4) is 0 Å². The number of carbonyl (C=O) groups excluding carboxylic acids is 1. The van der Waals surface area contributed by atoms with Gasteiger partial charge in [0.2, 0.25) is 11.7 Å². The Hall–Kier alpha value is -3.30. The van der Waals surface area contributed by atoms with E-state index in [4.69, 9.17) is 21.9 Å². The summed E-state index contributed by atoms with van der Waals surface area (Å²) in [7, 11) is 0. The van der Waals surface area contributed by atoms with Crippen LogP contribution in [0.15, 0.2) is 58.1 Å². The third kappa shape index (κ3) is 4.79. The fourth-order valence-electron chi connectivity index (χ4n) is 3.06. The molecule has 2 heterocycles. The molecule has 0 saturated carbocycles. The van der Waals surface area contributed by atoms with Gasteiger partial charge in [0.25, 0.3) is 5.89 Å². The summed E-state index contributed by atoms with van der Waals surface area (Å²) in [6, 6.07) is 15.1. The van der Waals surface area contributed by atoms with Gasteiger partial charge in [0.05, 0.1) is 0 Å². The number of halogens is 1. The van der Waals surface area contributed by atoms with E-state index >= 15 is 0 Å². The number of rotatable bonds is 7. The number of nitrogens with zero attached hydrogens (tertiary/aromatic N) is 4. The molecule has 0 saturated heterocycles. The largest absolute Gasteiger partial charge is 0.383 e. The van der Waals surface area contributed by atoms with Crippen LogP contribution in [-0.2, 0) is 17.9 Å². The molecule has 0 aliphatic heterocycles. The highest BCUT2D eigenvalue weighted by molar-refractivity contribution is 7.98. The maximum Gasteiger partial charge on any atom is 0.264 e. The topological polar surface area (TPSA) is 112 Å². The normalized spacial score (nSPS) is 11.0. The fourth-order valence-corrected chi connectivity index (χ4v) is 3.76. The summed E-state index contributed by atoms with van der Waals surface area (Å²) in [4.78, 5) is 16.9. The van der Waals surface area contributed by atoms with Crippen LogP contribution < -0.4 is 11.1 Å². The van der Waals surface area contributed by atoms with E-state index in [1.54, 1.807) is 12.1 Å². The van der Waals surface area contributed by atoms with Gasteiger partial charge in [-0.2, -0.15) is 10.1 Å². The van der Waals surface area contributed by atoms with Crippen LogP contribution in [0.1, 0.15) is 11.1 Å². The number of aryl methyl sites for hydroxylation is 1. The number of nitrogens with one attached hydrogen (secondary N) is 1. The molecule has 0 aliphatic rings. The smallest absolute Gasteiger partial charge is 0.264 e. The summed E-state index contributed by atoms with van der Waals surface area (Å²) < 4.78 is 6.91. The summed E-state index contributed by atoms with van der Waals surface area (Å²) >= 11 is 7.28. The molecular formula is C22H21ClN6O2S. The van der Waals surface area contributed by atoms with Gasteiger partial charge < -0.3 is 15.6 Å². The van der Waals surface area contributed by atoms with Crippen molar-refractivity contribution in [2.45, 2.75) is 25.0 Å². The highest BCUT2D eigenvalue weighted by atomic mass is 35.5. The summed E-state index contributed by atoms with van der Waals surface area (Å²) in [6.07, 6.45) is 1.87. The Labute approximate surface area is 194 Å². The SMILES string of the molecule is CSc1nn(CC(=O)NCc2ccc(Cl)cc2)c(N)c1-c1nc(-c2ccc(C)cc2)no1. The first kappa shape index (κ1) is 21.9. The van der Waals surface area contributed by atoms with Crippen molar-refractivity contribution in [3.8, 4) is 22.8 Å². The van der Waals surface area contributed by atoms with Crippen molar-refractivity contribution < 1.29 is 9.32 Å². The number of amides is 1. The molecule has 164 valence electrons. The first-order chi connectivity index (χ1) is 15.4. The van der Waals surface area contributed by atoms with Crippen molar-refractivity contribution in [1.82, 2.24) is 25.2 Å². The first-order valence-corrected chi connectivity index (χ1v) is 11.4. The number of benzene rings is 2. The van der Waals surface area contributed by atoms with Crippen LogP contribution >= 0.6 is 23.4 Å². The Kier molecular flexibility index (Phi) is 6.48. The molecule has 8 nitrogen and oxygen atoms in total. The van der Waals surface area contributed by atoms with Gasteiger partial charge in [-0.3, -0.25) is 4.79 Å². The average Bonchev–Trinajstić information content (AvgIpc) is 3.38. The molecule has 2 aromatic carbocycles. The van der Waals surface area contributed by atoms with Gasteiger partial charge in [0.1, 0.15) is 23.0 Å². The molecule has 0 fully saturated rings. The van der Waals surface area contributed by atoms with Crippen molar-refractivity contribution in [3.05, 3.63) is 64.7 Å². The third-order valence-electron chi connectivity index (χ3n) is 4.80. The van der Waals surface area contributed by atoms with Gasteiger partial charge >= 0.3 is 0 Å². The lowest BCUT2D eigenvalue weighted by Crippen LogP contribution is -2.28. The molecule has 0 unspecified atom stereocenters. The summed E-state index contributed by atoms with van der Waals surface area (Å²) in [5.74, 6) is 0.782. The van der Waals surface area contributed by atoms with E-state index < -0.39 is 0 Å². The molecule has 0 aliphatic carbocycles. The summed E-state index contributed by atoms with van der Waals surface area (Å²) in [5.41, 5.74) is 9.76. The molecule has 4 rings (SSSR count). The van der Waals surface area contributed by atoms with Crippen molar-refractivity contribution in [2.75, 3.05) is 12.0 Å². The zero-order valence-corrected chi connectivity index (χ0v) is 19.1. The Balaban J connectivity index is 1.51. The summed E-state index contributed by atoms with van der Waals surface area (Å²) in [6.45, 7) is 2.35. The monoisotopic (exact) mass is 468 g/mol. The number of thioether (sulfide) groups is 1. The van der Waals surface area contributed by atoms with Crippen LogP contribution in [0.5, 0.6) is 0 Å². The first-order valence-electron chi connectivity index (χ1n) is 9.77. The van der Waals surface area contributed by atoms with Crippen LogP contribution in [0.2, 0.25) is 5.02 Å². The van der Waals surface area contributed by atoms with Crippen LogP contribution in [0.4, 0.5) is 5.82 Å². The lowest BCUT2D eigenvalue weighted by molar-refractivity contribution is -0.122. The van der Waals surface area contributed by atoms with Crippen LogP contribution in [-0.4, -0.2) is 32.1 Å². The van der Waals surface area contributed by atoms with E-state index in [2.05, 4.69) is 20.6 Å². The van der Waals surface area contributed by atoms with Gasteiger partial charge in [-0.1, -0.05) is 58.7 Å². The quantitative estimate of drug-likeness (QED) is 0.391. The predicted octanol–water partition coefficient (Wildman–Crippen LogP) is 4.18. The summed E-state index contributed by atoms with van der Waals surface area (Å²) in [5, 5.41) is 12.6. The van der Waals surface area contributed by atoms with Crippen LogP contribution in [0.25, 0.3) is 22.8 Å². The van der Waals surface area contributed by atoms with Crippen molar-refractivity contribution >= 4 is 35.1 Å². The molecule has 4 aromatic rings. The highest BCUT2D eigenvalue weighted by Gasteiger charge is 2.23. The number of anilines is 1. The van der Waals surface area contributed by atoms with Gasteiger partial charge in [-0.15, -0.1) is 11.8 Å². The molecule has 0 radical (unpaired) electrons. The Morgan fingerprint density at radius 2 is 1.91 bits per heavy atom. The second-order valence-corrected chi connectivity index (χ2v) is 8.35. The van der Waals surface area contributed by atoms with Crippen molar-refractivity contribution in [2.24, 2.45) is 0 Å². The molecule has 0 spiro atoms. The lowest BCUT2D eigenvalue weighted by Gasteiger charge is -2.07.